The number of hydrogen-bond donors (Lipinski definition) is 21. The Morgan fingerprint density at radius 1 is 0.128 bits per heavy atom. The standard InChI is InChI=1S/C18H16O3.6C17H14O3/c1-10-7-12(8-11(2)17(10)20)15-9-16(19)13-5-3-4-6-14(13)18(15)21;1-10-5-4-8-14(18)16(10)13-9-15(19)11-6-2-3-7-12(11)17(13)20;1-10-5-4-8-13(16(10)19)14-9-15(18)11-6-2-3-7-12(11)17(14)20;1-10-8-11(18)6-7-12(10)15-9-16(19)13-4-2-3-5-14(13)17(15)20;1-10-8-11(6-7-15(10)18)14-9-16(19)12-4-2-3-5-13(12)17(14)20;1-10-6-7-12(15(18)8-10)14-9-16(19)11-4-2-3-5-13(11)17(14)20;1-10-6-7-15(18)13(8-10)14-9-16(19)11-4-2-3-5-12(11)17(14)20/h3-9,19-21H,1-2H3;6*2-9,18-20H,1H3. The summed E-state index contributed by atoms with van der Waals surface area (Å²) in [6.07, 6.45) is 0. The summed E-state index contributed by atoms with van der Waals surface area (Å²) < 4.78 is 0. The molecule has 706 valence electrons. The SMILES string of the molecule is Cc1cc(-c2cc(O)c3ccccc3c2O)cc(C)c1O.Cc1cc(-c2cc(O)c3ccccc3c2O)ccc1O.Cc1cc(O)ccc1-c1cc(O)c2ccccc2c1O.Cc1ccc(-c2cc(O)c3ccccc3c2O)c(O)c1.Cc1ccc(O)c(-c2cc(O)c3ccccc3c2O)c1.Cc1cccc(-c2cc(O)c3ccccc3c2O)c1O.Cc1cccc(O)c1-c1cc(O)c2ccccc2c1O. The van der Waals surface area contributed by atoms with Crippen molar-refractivity contribution in [2.24, 2.45) is 0 Å². The van der Waals surface area contributed by atoms with E-state index in [0.717, 1.165) is 61.2 Å². The maximum Gasteiger partial charge on any atom is 0.131 e. The highest BCUT2D eigenvalue weighted by Crippen LogP contribution is 2.52. The van der Waals surface area contributed by atoms with E-state index in [1.165, 1.54) is 24.3 Å². The molecule has 0 amide bonds. The van der Waals surface area contributed by atoms with Crippen molar-refractivity contribution in [3.63, 3.8) is 0 Å². The van der Waals surface area contributed by atoms with Gasteiger partial charge in [0.2, 0.25) is 0 Å². The molecule has 21 rings (SSSR count). The largest absolute Gasteiger partial charge is 0.508 e. The van der Waals surface area contributed by atoms with Crippen LogP contribution in [0.1, 0.15) is 44.5 Å². The average molecular weight is 1880 g/mol. The maximum atomic E-state index is 10.5. The lowest BCUT2D eigenvalue weighted by molar-refractivity contribution is 0.465. The summed E-state index contributed by atoms with van der Waals surface area (Å²) in [5, 5.41) is 221. The summed E-state index contributed by atoms with van der Waals surface area (Å²) >= 11 is 0. The van der Waals surface area contributed by atoms with Gasteiger partial charge < -0.3 is 107 Å². The van der Waals surface area contributed by atoms with Crippen LogP contribution in [0.5, 0.6) is 121 Å². The van der Waals surface area contributed by atoms with E-state index in [2.05, 4.69) is 0 Å². The first-order valence-electron chi connectivity index (χ1n) is 44.6. The molecule has 0 radical (unpaired) electrons. The van der Waals surface area contributed by atoms with Gasteiger partial charge in [0.05, 0.1) is 0 Å². The van der Waals surface area contributed by atoms with E-state index in [9.17, 15) is 107 Å². The Labute approximate surface area is 810 Å². The molecule has 0 heterocycles. The number of phenols is 21. The fraction of sp³-hybridized carbons (Fsp3) is 0.0667. The zero-order valence-corrected chi connectivity index (χ0v) is 77.6. The molecule has 0 spiro atoms. The molecule has 0 aromatic heterocycles. The van der Waals surface area contributed by atoms with E-state index in [1.54, 1.807) is 275 Å². The van der Waals surface area contributed by atoms with Crippen LogP contribution in [-0.4, -0.2) is 107 Å². The van der Waals surface area contributed by atoms with Gasteiger partial charge in [-0.25, -0.2) is 0 Å². The zero-order chi connectivity index (χ0) is 101. The smallest absolute Gasteiger partial charge is 0.131 e. The summed E-state index contributed by atoms with van der Waals surface area (Å²) in [4.78, 5) is 0. The van der Waals surface area contributed by atoms with Crippen LogP contribution in [0.4, 0.5) is 0 Å². The molecule has 21 nitrogen and oxygen atoms in total. The molecule has 21 aromatic carbocycles. The molecule has 0 saturated carbocycles. The number of aryl methyl sites for hydroxylation is 8. The lowest BCUT2D eigenvalue weighted by Gasteiger charge is -2.13. The van der Waals surface area contributed by atoms with Gasteiger partial charge in [-0.3, -0.25) is 0 Å². The molecule has 141 heavy (non-hydrogen) atoms. The van der Waals surface area contributed by atoms with Gasteiger partial charge in [0.1, 0.15) is 121 Å². The van der Waals surface area contributed by atoms with E-state index >= 15 is 0 Å². The minimum absolute atomic E-state index is 0.0533. The number of fused-ring (bicyclic) bond motifs is 7. The molecule has 0 bridgehead atoms. The number of para-hydroxylation sites is 1. The normalized spacial score (nSPS) is 10.9. The Balaban J connectivity index is 0.000000124. The van der Waals surface area contributed by atoms with Gasteiger partial charge in [0.25, 0.3) is 0 Å². The van der Waals surface area contributed by atoms with Gasteiger partial charge in [-0.1, -0.05) is 236 Å². The first kappa shape index (κ1) is 96.8. The third-order valence-corrected chi connectivity index (χ3v) is 24.7. The molecule has 21 aromatic rings. The molecular formula is C120H100O21. The minimum atomic E-state index is 0.0533. The highest BCUT2D eigenvalue weighted by Gasteiger charge is 2.24. The Kier molecular flexibility index (Phi) is 28.0. The van der Waals surface area contributed by atoms with E-state index in [1.807, 2.05) is 90.1 Å². The lowest BCUT2D eigenvalue weighted by Crippen LogP contribution is -1.87. The van der Waals surface area contributed by atoms with Crippen LogP contribution in [0.2, 0.25) is 0 Å². The molecule has 0 fully saturated rings. The van der Waals surface area contributed by atoms with Crippen molar-refractivity contribution in [1.29, 1.82) is 0 Å². The maximum absolute atomic E-state index is 10.5. The second-order valence-corrected chi connectivity index (χ2v) is 34.3. The second kappa shape index (κ2) is 40.8. The van der Waals surface area contributed by atoms with Crippen molar-refractivity contribution in [1.82, 2.24) is 0 Å². The van der Waals surface area contributed by atoms with E-state index < -0.39 is 0 Å². The number of aromatic hydroxyl groups is 21. The Morgan fingerprint density at radius 3 is 0.823 bits per heavy atom. The topological polar surface area (TPSA) is 425 Å². The zero-order valence-electron chi connectivity index (χ0n) is 77.6. The van der Waals surface area contributed by atoms with Gasteiger partial charge in [-0.2, -0.15) is 0 Å². The average Bonchev–Trinajstić information content (AvgIpc) is 0.817. The van der Waals surface area contributed by atoms with Crippen molar-refractivity contribution >= 4 is 75.4 Å². The van der Waals surface area contributed by atoms with Crippen LogP contribution < -0.4 is 0 Å². The summed E-state index contributed by atoms with van der Waals surface area (Å²) in [5.41, 5.74) is 14.1. The number of benzene rings is 21. The van der Waals surface area contributed by atoms with Crippen LogP contribution in [0.3, 0.4) is 0 Å². The van der Waals surface area contributed by atoms with E-state index in [4.69, 9.17) is 0 Å². The van der Waals surface area contributed by atoms with Crippen LogP contribution >= 0.6 is 0 Å². The second-order valence-electron chi connectivity index (χ2n) is 34.3. The first-order valence-corrected chi connectivity index (χ1v) is 44.6. The van der Waals surface area contributed by atoms with Crippen LogP contribution in [-0.2, 0) is 0 Å². The van der Waals surface area contributed by atoms with Gasteiger partial charge in [0, 0.05) is 137 Å². The third-order valence-electron chi connectivity index (χ3n) is 24.7. The fourth-order valence-electron chi connectivity index (χ4n) is 17.3. The van der Waals surface area contributed by atoms with Crippen LogP contribution in [0.15, 0.2) is 334 Å². The summed E-state index contributed by atoms with van der Waals surface area (Å²) in [5.74, 6) is 2.28. The van der Waals surface area contributed by atoms with Gasteiger partial charge >= 0.3 is 0 Å². The minimum Gasteiger partial charge on any atom is -0.508 e. The van der Waals surface area contributed by atoms with Crippen molar-refractivity contribution in [2.75, 3.05) is 0 Å². The van der Waals surface area contributed by atoms with Crippen LogP contribution in [0, 0.1) is 55.4 Å². The predicted molar refractivity (Wildman–Crippen MR) is 559 cm³/mol. The first-order chi connectivity index (χ1) is 67.5. The molecule has 21 heteroatoms. The summed E-state index contributed by atoms with van der Waals surface area (Å²) in [7, 11) is 0. The Morgan fingerprint density at radius 2 is 0.433 bits per heavy atom. The highest BCUT2D eigenvalue weighted by atomic mass is 16.3. The van der Waals surface area contributed by atoms with Crippen molar-refractivity contribution in [3.05, 3.63) is 378 Å². The summed E-state index contributed by atoms with van der Waals surface area (Å²) in [6.45, 7) is 14.7. The molecular weight excluding hydrogens is 1780 g/mol. The lowest BCUT2D eigenvalue weighted by atomic mass is 9.95. The Hall–Kier alpha value is -18.8. The number of hydrogen-bond acceptors (Lipinski definition) is 21. The number of phenolic OH excluding ortho intramolecular Hbond substituents is 21. The van der Waals surface area contributed by atoms with E-state index in [0.29, 0.717) is 137 Å². The van der Waals surface area contributed by atoms with Crippen LogP contribution in [0.25, 0.3) is 153 Å². The Bertz CT molecular complexity index is 8160. The van der Waals surface area contributed by atoms with Crippen molar-refractivity contribution < 1.29 is 107 Å². The summed E-state index contributed by atoms with van der Waals surface area (Å²) in [6, 6.07) is 94.7. The van der Waals surface area contributed by atoms with Crippen molar-refractivity contribution in [3.8, 4) is 199 Å². The molecule has 21 N–H and O–H groups in total. The molecule has 0 aliphatic carbocycles. The monoisotopic (exact) mass is 1880 g/mol. The third kappa shape index (κ3) is 19.9. The molecule has 0 atom stereocenters. The number of rotatable bonds is 7. The quantitative estimate of drug-likeness (QED) is 0.0659. The predicted octanol–water partition coefficient (Wildman–Crippen LogP) is 27.8. The van der Waals surface area contributed by atoms with Gasteiger partial charge in [-0.05, 0) is 214 Å². The van der Waals surface area contributed by atoms with E-state index in [-0.39, 0.29) is 121 Å². The van der Waals surface area contributed by atoms with Crippen molar-refractivity contribution in [2.45, 2.75) is 55.4 Å². The van der Waals surface area contributed by atoms with Gasteiger partial charge in [-0.15, -0.1) is 0 Å². The molecule has 0 saturated heterocycles. The fourth-order valence-corrected chi connectivity index (χ4v) is 17.3. The molecule has 0 unspecified atom stereocenters. The molecule has 0 aliphatic heterocycles. The molecule has 0 aliphatic rings. The highest BCUT2D eigenvalue weighted by molar-refractivity contribution is 6.06. The van der Waals surface area contributed by atoms with Gasteiger partial charge in [0.15, 0.2) is 0 Å².